The summed E-state index contributed by atoms with van der Waals surface area (Å²) >= 11 is 0. The van der Waals surface area contributed by atoms with Gasteiger partial charge in [-0.3, -0.25) is 14.7 Å². The van der Waals surface area contributed by atoms with Gasteiger partial charge in [0.05, 0.1) is 11.9 Å². The van der Waals surface area contributed by atoms with Gasteiger partial charge in [0.15, 0.2) is 11.5 Å². The zero-order valence-electron chi connectivity index (χ0n) is 13.3. The third-order valence-corrected chi connectivity index (χ3v) is 4.04. The second kappa shape index (κ2) is 6.31. The quantitative estimate of drug-likeness (QED) is 0.916. The number of aromatic nitrogens is 1. The third kappa shape index (κ3) is 3.06. The number of pyridine rings is 1. The van der Waals surface area contributed by atoms with E-state index in [1.165, 1.54) is 4.90 Å². The number of carbonyl (C=O) groups excluding carboxylic acids is 2. The van der Waals surface area contributed by atoms with E-state index in [0.717, 1.165) is 5.69 Å². The fraction of sp³-hybridized carbons (Fsp3) is 0.235. The van der Waals surface area contributed by atoms with Gasteiger partial charge in [0.25, 0.3) is 0 Å². The molecule has 8 nitrogen and oxygen atoms in total. The van der Waals surface area contributed by atoms with Crippen molar-refractivity contribution >= 4 is 23.3 Å². The van der Waals surface area contributed by atoms with Crippen molar-refractivity contribution < 1.29 is 19.1 Å². The molecule has 0 spiro atoms. The summed E-state index contributed by atoms with van der Waals surface area (Å²) in [5.74, 6) is 1.04. The van der Waals surface area contributed by atoms with Gasteiger partial charge < -0.3 is 19.7 Å². The normalized spacial score (nSPS) is 15.6. The van der Waals surface area contributed by atoms with E-state index in [1.54, 1.807) is 41.6 Å². The summed E-state index contributed by atoms with van der Waals surface area (Å²) in [6.45, 7) is 1.18. The Balaban J connectivity index is 1.40. The molecule has 128 valence electrons. The van der Waals surface area contributed by atoms with E-state index in [-0.39, 0.29) is 25.3 Å². The van der Waals surface area contributed by atoms with E-state index in [1.807, 2.05) is 6.07 Å². The van der Waals surface area contributed by atoms with Crippen molar-refractivity contribution in [3.05, 3.63) is 42.7 Å². The first-order valence-electron chi connectivity index (χ1n) is 7.87. The van der Waals surface area contributed by atoms with Crippen molar-refractivity contribution in [3.8, 4) is 11.5 Å². The number of hydrogen-bond donors (Lipinski definition) is 1. The summed E-state index contributed by atoms with van der Waals surface area (Å²) in [5, 5.41) is 2.73. The number of benzene rings is 1. The fourth-order valence-electron chi connectivity index (χ4n) is 2.83. The van der Waals surface area contributed by atoms with Gasteiger partial charge in [0.2, 0.25) is 12.7 Å². The van der Waals surface area contributed by atoms with Crippen LogP contribution in [0.25, 0.3) is 0 Å². The molecular formula is C17H16N4O4. The molecule has 1 N–H and O–H groups in total. The zero-order valence-corrected chi connectivity index (χ0v) is 13.3. The minimum atomic E-state index is -0.256. The smallest absolute Gasteiger partial charge is 0.325 e. The minimum absolute atomic E-state index is 0.00518. The standard InChI is InChI=1S/C17H16N4O4/c22-16(19-12-2-1-5-18-9-12)10-20-6-7-21(17(20)23)13-3-4-14-15(8-13)25-11-24-14/h1-5,8-9H,6-7,10-11H2,(H,19,22). The van der Waals surface area contributed by atoms with Gasteiger partial charge in [0, 0.05) is 31.0 Å². The van der Waals surface area contributed by atoms with E-state index in [2.05, 4.69) is 10.3 Å². The van der Waals surface area contributed by atoms with Crippen molar-refractivity contribution in [2.45, 2.75) is 0 Å². The molecule has 2 aromatic rings. The van der Waals surface area contributed by atoms with Crippen LogP contribution in [0.1, 0.15) is 0 Å². The topological polar surface area (TPSA) is 84.0 Å². The third-order valence-electron chi connectivity index (χ3n) is 4.04. The maximum Gasteiger partial charge on any atom is 0.325 e. The molecule has 1 aromatic carbocycles. The molecule has 3 heterocycles. The number of urea groups is 1. The minimum Gasteiger partial charge on any atom is -0.454 e. The molecule has 0 aliphatic carbocycles. The van der Waals surface area contributed by atoms with E-state index >= 15 is 0 Å². The second-order valence-corrected chi connectivity index (χ2v) is 5.68. The van der Waals surface area contributed by atoms with Crippen molar-refractivity contribution in [1.82, 2.24) is 9.88 Å². The summed E-state index contributed by atoms with van der Waals surface area (Å²) in [4.78, 5) is 31.8. The summed E-state index contributed by atoms with van der Waals surface area (Å²) in [5.41, 5.74) is 1.33. The predicted octanol–water partition coefficient (Wildman–Crippen LogP) is 1.69. The summed E-state index contributed by atoms with van der Waals surface area (Å²) in [6, 6.07) is 8.64. The van der Waals surface area contributed by atoms with Crippen LogP contribution in [0.15, 0.2) is 42.7 Å². The van der Waals surface area contributed by atoms with E-state index < -0.39 is 0 Å². The maximum absolute atomic E-state index is 12.6. The average Bonchev–Trinajstić information content (AvgIpc) is 3.22. The number of nitrogens with zero attached hydrogens (tertiary/aromatic N) is 3. The van der Waals surface area contributed by atoms with E-state index in [0.29, 0.717) is 30.3 Å². The average molecular weight is 340 g/mol. The number of ether oxygens (including phenoxy) is 2. The van der Waals surface area contributed by atoms with Gasteiger partial charge in [-0.1, -0.05) is 0 Å². The molecule has 0 radical (unpaired) electrons. The summed E-state index contributed by atoms with van der Waals surface area (Å²) in [6.07, 6.45) is 3.19. The van der Waals surface area contributed by atoms with E-state index in [4.69, 9.17) is 9.47 Å². The Labute approximate surface area is 144 Å². The van der Waals surface area contributed by atoms with Gasteiger partial charge in [0.1, 0.15) is 6.54 Å². The van der Waals surface area contributed by atoms with Crippen molar-refractivity contribution in [3.63, 3.8) is 0 Å². The second-order valence-electron chi connectivity index (χ2n) is 5.68. The monoisotopic (exact) mass is 340 g/mol. The molecule has 3 amide bonds. The first-order valence-corrected chi connectivity index (χ1v) is 7.87. The molecule has 0 atom stereocenters. The largest absolute Gasteiger partial charge is 0.454 e. The highest BCUT2D eigenvalue weighted by molar-refractivity contribution is 5.99. The summed E-state index contributed by atoms with van der Waals surface area (Å²) < 4.78 is 10.6. The Kier molecular flexibility index (Phi) is 3.85. The van der Waals surface area contributed by atoms with E-state index in [9.17, 15) is 9.59 Å². The number of hydrogen-bond acceptors (Lipinski definition) is 5. The van der Waals surface area contributed by atoms with Gasteiger partial charge >= 0.3 is 6.03 Å². The highest BCUT2D eigenvalue weighted by atomic mass is 16.7. The Hall–Kier alpha value is -3.29. The molecule has 1 aromatic heterocycles. The Morgan fingerprint density at radius 2 is 2.08 bits per heavy atom. The molecule has 2 aliphatic rings. The Morgan fingerprint density at radius 3 is 2.92 bits per heavy atom. The SMILES string of the molecule is O=C(CN1CCN(c2ccc3c(c2)OCO3)C1=O)Nc1cccnc1. The van der Waals surface area contributed by atoms with Crippen LogP contribution < -0.4 is 19.7 Å². The molecule has 0 unspecified atom stereocenters. The van der Waals surface area contributed by atoms with Crippen LogP contribution in [0, 0.1) is 0 Å². The van der Waals surface area contributed by atoms with Gasteiger partial charge in [-0.2, -0.15) is 0 Å². The molecule has 4 rings (SSSR count). The van der Waals surface area contributed by atoms with Crippen LogP contribution in [0.5, 0.6) is 11.5 Å². The molecule has 1 fully saturated rings. The predicted molar refractivity (Wildman–Crippen MR) is 89.7 cm³/mol. The highest BCUT2D eigenvalue weighted by Crippen LogP contribution is 2.36. The van der Waals surface area contributed by atoms with Gasteiger partial charge in [-0.15, -0.1) is 0 Å². The first kappa shape index (κ1) is 15.3. The highest BCUT2D eigenvalue weighted by Gasteiger charge is 2.31. The number of carbonyl (C=O) groups is 2. The number of rotatable bonds is 4. The zero-order chi connectivity index (χ0) is 17.2. The lowest BCUT2D eigenvalue weighted by atomic mass is 10.2. The number of nitrogens with one attached hydrogen (secondary N) is 1. The lowest BCUT2D eigenvalue weighted by molar-refractivity contribution is -0.116. The Bertz CT molecular complexity index is 812. The molecule has 25 heavy (non-hydrogen) atoms. The van der Waals surface area contributed by atoms with Crippen LogP contribution in [-0.4, -0.2) is 48.2 Å². The lowest BCUT2D eigenvalue weighted by Gasteiger charge is -2.18. The molecular weight excluding hydrogens is 324 g/mol. The molecule has 0 saturated carbocycles. The first-order chi connectivity index (χ1) is 12.2. The van der Waals surface area contributed by atoms with Crippen LogP contribution in [-0.2, 0) is 4.79 Å². The Morgan fingerprint density at radius 1 is 1.20 bits per heavy atom. The lowest BCUT2D eigenvalue weighted by Crippen LogP contribution is -2.37. The van der Waals surface area contributed by atoms with Crippen LogP contribution in [0.3, 0.4) is 0 Å². The number of anilines is 2. The van der Waals surface area contributed by atoms with Crippen molar-refractivity contribution in [2.75, 3.05) is 36.6 Å². The van der Waals surface area contributed by atoms with Gasteiger partial charge in [-0.05, 0) is 24.3 Å². The van der Waals surface area contributed by atoms with Crippen LogP contribution in [0.4, 0.5) is 16.2 Å². The van der Waals surface area contributed by atoms with Crippen LogP contribution >= 0.6 is 0 Å². The molecule has 1 saturated heterocycles. The molecule has 0 bridgehead atoms. The fourth-order valence-corrected chi connectivity index (χ4v) is 2.83. The van der Waals surface area contributed by atoms with Crippen molar-refractivity contribution in [2.24, 2.45) is 0 Å². The summed E-state index contributed by atoms with van der Waals surface area (Å²) in [7, 11) is 0. The van der Waals surface area contributed by atoms with Crippen LogP contribution in [0.2, 0.25) is 0 Å². The number of fused-ring (bicyclic) bond motifs is 1. The molecule has 2 aliphatic heterocycles. The molecule has 8 heteroatoms. The number of amides is 3. The van der Waals surface area contributed by atoms with Crippen molar-refractivity contribution in [1.29, 1.82) is 0 Å². The maximum atomic E-state index is 12.6. The van der Waals surface area contributed by atoms with Gasteiger partial charge in [-0.25, -0.2) is 4.79 Å².